The van der Waals surface area contributed by atoms with E-state index in [9.17, 15) is 0 Å². The van der Waals surface area contributed by atoms with Gasteiger partial charge < -0.3 is 15.1 Å². The molecular weight excluding hydrogens is 248 g/mol. The Labute approximate surface area is 122 Å². The fourth-order valence-electron chi connectivity index (χ4n) is 3.10. The van der Waals surface area contributed by atoms with Gasteiger partial charge in [-0.15, -0.1) is 0 Å². The van der Waals surface area contributed by atoms with E-state index in [1.54, 1.807) is 0 Å². The number of aromatic nitrogens is 1. The molecule has 1 unspecified atom stereocenters. The van der Waals surface area contributed by atoms with Crippen molar-refractivity contribution in [3.05, 3.63) is 23.9 Å². The first-order valence-corrected chi connectivity index (χ1v) is 7.79. The van der Waals surface area contributed by atoms with Crippen LogP contribution >= 0.6 is 0 Å². The molecule has 1 aromatic heterocycles. The minimum Gasteiger partial charge on any atom is -0.359 e. The van der Waals surface area contributed by atoms with E-state index in [-0.39, 0.29) is 0 Å². The number of anilines is 1. The standard InChI is InChI=1S/C16H26N4/c1-19-9-7-13(11-19)12-20(2)16-14(4-3-8-17-16)10-18-15-5-6-15/h3-4,8,13,15,18H,5-7,9-12H2,1-2H3. The molecule has 1 atom stereocenters. The predicted molar refractivity (Wildman–Crippen MR) is 83.0 cm³/mol. The molecule has 2 aliphatic rings. The predicted octanol–water partition coefficient (Wildman–Crippen LogP) is 1.72. The third kappa shape index (κ3) is 3.49. The second-order valence-electron chi connectivity index (χ2n) is 6.44. The number of likely N-dealkylation sites (tertiary alicyclic amines) is 1. The van der Waals surface area contributed by atoms with Gasteiger partial charge in [0.15, 0.2) is 0 Å². The van der Waals surface area contributed by atoms with Crippen molar-refractivity contribution in [1.82, 2.24) is 15.2 Å². The average molecular weight is 274 g/mol. The molecule has 110 valence electrons. The third-order valence-electron chi connectivity index (χ3n) is 4.41. The van der Waals surface area contributed by atoms with E-state index in [0.29, 0.717) is 0 Å². The molecule has 4 nitrogen and oxygen atoms in total. The molecule has 2 heterocycles. The molecule has 2 fully saturated rings. The highest BCUT2D eigenvalue weighted by Crippen LogP contribution is 2.23. The monoisotopic (exact) mass is 274 g/mol. The van der Waals surface area contributed by atoms with Crippen LogP contribution < -0.4 is 10.2 Å². The second kappa shape index (κ2) is 6.10. The number of hydrogen-bond donors (Lipinski definition) is 1. The van der Waals surface area contributed by atoms with Gasteiger partial charge in [0.05, 0.1) is 0 Å². The SMILES string of the molecule is CN1CCC(CN(C)c2ncccc2CNC2CC2)C1. The topological polar surface area (TPSA) is 31.4 Å². The summed E-state index contributed by atoms with van der Waals surface area (Å²) in [6.45, 7) is 4.50. The fourth-order valence-corrected chi connectivity index (χ4v) is 3.10. The highest BCUT2D eigenvalue weighted by atomic mass is 15.2. The Hall–Kier alpha value is -1.13. The van der Waals surface area contributed by atoms with Gasteiger partial charge in [0, 0.05) is 44.5 Å². The van der Waals surface area contributed by atoms with Crippen LogP contribution in [0.25, 0.3) is 0 Å². The van der Waals surface area contributed by atoms with Crippen molar-refractivity contribution >= 4 is 5.82 Å². The molecule has 1 saturated carbocycles. The highest BCUT2D eigenvalue weighted by molar-refractivity contribution is 5.46. The first-order chi connectivity index (χ1) is 9.72. The molecule has 20 heavy (non-hydrogen) atoms. The number of rotatable bonds is 6. The number of nitrogens with zero attached hydrogens (tertiary/aromatic N) is 3. The van der Waals surface area contributed by atoms with Gasteiger partial charge in [-0.2, -0.15) is 0 Å². The van der Waals surface area contributed by atoms with Gasteiger partial charge in [-0.3, -0.25) is 0 Å². The van der Waals surface area contributed by atoms with Gasteiger partial charge in [0.1, 0.15) is 5.82 Å². The van der Waals surface area contributed by atoms with Crippen LogP contribution in [0.5, 0.6) is 0 Å². The largest absolute Gasteiger partial charge is 0.359 e. The third-order valence-corrected chi connectivity index (χ3v) is 4.41. The summed E-state index contributed by atoms with van der Waals surface area (Å²) in [6, 6.07) is 5.00. The first-order valence-electron chi connectivity index (χ1n) is 7.79. The summed E-state index contributed by atoms with van der Waals surface area (Å²) in [4.78, 5) is 9.37. The van der Waals surface area contributed by atoms with Gasteiger partial charge >= 0.3 is 0 Å². The van der Waals surface area contributed by atoms with Crippen molar-refractivity contribution < 1.29 is 0 Å². The molecule has 1 saturated heterocycles. The quantitative estimate of drug-likeness (QED) is 0.856. The van der Waals surface area contributed by atoms with Crippen molar-refractivity contribution in [2.24, 2.45) is 5.92 Å². The Kier molecular flexibility index (Phi) is 4.22. The second-order valence-corrected chi connectivity index (χ2v) is 6.44. The zero-order chi connectivity index (χ0) is 13.9. The van der Waals surface area contributed by atoms with Crippen LogP contribution in [0.4, 0.5) is 5.82 Å². The summed E-state index contributed by atoms with van der Waals surface area (Å²) in [5.74, 6) is 1.92. The molecule has 1 aromatic rings. The maximum absolute atomic E-state index is 4.61. The van der Waals surface area contributed by atoms with E-state index in [1.165, 1.54) is 37.9 Å². The van der Waals surface area contributed by atoms with Crippen molar-refractivity contribution in [2.75, 3.05) is 38.6 Å². The van der Waals surface area contributed by atoms with Crippen LogP contribution in [0.2, 0.25) is 0 Å². The number of hydrogen-bond acceptors (Lipinski definition) is 4. The Morgan fingerprint density at radius 1 is 1.40 bits per heavy atom. The normalized spacial score (nSPS) is 23.2. The van der Waals surface area contributed by atoms with Crippen molar-refractivity contribution in [3.8, 4) is 0 Å². The van der Waals surface area contributed by atoms with E-state index >= 15 is 0 Å². The molecular formula is C16H26N4. The highest BCUT2D eigenvalue weighted by Gasteiger charge is 2.23. The van der Waals surface area contributed by atoms with Crippen LogP contribution in [0.1, 0.15) is 24.8 Å². The van der Waals surface area contributed by atoms with E-state index in [1.807, 2.05) is 12.3 Å². The maximum atomic E-state index is 4.61. The molecule has 0 spiro atoms. The van der Waals surface area contributed by atoms with Gasteiger partial charge in [0.2, 0.25) is 0 Å². The van der Waals surface area contributed by atoms with E-state index in [2.05, 4.69) is 40.3 Å². The molecule has 1 aliphatic carbocycles. The summed E-state index contributed by atoms with van der Waals surface area (Å²) in [5.41, 5.74) is 1.33. The first kappa shape index (κ1) is 13.8. The lowest BCUT2D eigenvalue weighted by molar-refractivity contribution is 0.395. The molecule has 0 radical (unpaired) electrons. The Balaban J connectivity index is 1.61. The zero-order valence-electron chi connectivity index (χ0n) is 12.7. The van der Waals surface area contributed by atoms with Gasteiger partial charge in [0.25, 0.3) is 0 Å². The lowest BCUT2D eigenvalue weighted by atomic mass is 10.1. The Bertz CT molecular complexity index is 444. The lowest BCUT2D eigenvalue weighted by Gasteiger charge is -2.24. The molecule has 0 aromatic carbocycles. The van der Waals surface area contributed by atoms with Gasteiger partial charge in [-0.1, -0.05) is 6.07 Å². The summed E-state index contributed by atoms with van der Waals surface area (Å²) >= 11 is 0. The zero-order valence-corrected chi connectivity index (χ0v) is 12.7. The van der Waals surface area contributed by atoms with Crippen LogP contribution in [0, 0.1) is 5.92 Å². The average Bonchev–Trinajstić information content (AvgIpc) is 3.19. The maximum Gasteiger partial charge on any atom is 0.132 e. The van der Waals surface area contributed by atoms with Crippen molar-refractivity contribution in [2.45, 2.75) is 31.8 Å². The minimum absolute atomic E-state index is 0.747. The van der Waals surface area contributed by atoms with Crippen LogP contribution in [0.3, 0.4) is 0 Å². The number of nitrogens with one attached hydrogen (secondary N) is 1. The summed E-state index contributed by atoms with van der Waals surface area (Å²) < 4.78 is 0. The van der Waals surface area contributed by atoms with Gasteiger partial charge in [-0.25, -0.2) is 4.98 Å². The molecule has 3 rings (SSSR count). The van der Waals surface area contributed by atoms with E-state index in [4.69, 9.17) is 0 Å². The van der Waals surface area contributed by atoms with E-state index in [0.717, 1.165) is 30.9 Å². The molecule has 0 bridgehead atoms. The van der Waals surface area contributed by atoms with Crippen LogP contribution in [-0.4, -0.2) is 49.7 Å². The van der Waals surface area contributed by atoms with Crippen LogP contribution in [0.15, 0.2) is 18.3 Å². The smallest absolute Gasteiger partial charge is 0.132 e. The molecule has 0 amide bonds. The summed E-state index contributed by atoms with van der Waals surface area (Å²) in [5, 5.41) is 3.59. The summed E-state index contributed by atoms with van der Waals surface area (Å²) in [6.07, 6.45) is 5.89. The Morgan fingerprint density at radius 2 is 2.25 bits per heavy atom. The fraction of sp³-hybridized carbons (Fsp3) is 0.688. The van der Waals surface area contributed by atoms with Gasteiger partial charge in [-0.05, 0) is 44.8 Å². The van der Waals surface area contributed by atoms with Crippen molar-refractivity contribution in [3.63, 3.8) is 0 Å². The summed E-state index contributed by atoms with van der Waals surface area (Å²) in [7, 11) is 4.40. The van der Waals surface area contributed by atoms with Crippen molar-refractivity contribution in [1.29, 1.82) is 0 Å². The van der Waals surface area contributed by atoms with Crippen LogP contribution in [-0.2, 0) is 6.54 Å². The lowest BCUT2D eigenvalue weighted by Crippen LogP contribution is -2.29. The molecule has 1 N–H and O–H groups in total. The van der Waals surface area contributed by atoms with E-state index < -0.39 is 0 Å². The number of pyridine rings is 1. The Morgan fingerprint density at radius 3 is 2.95 bits per heavy atom. The molecule has 4 heteroatoms. The molecule has 1 aliphatic heterocycles. The minimum atomic E-state index is 0.747.